The van der Waals surface area contributed by atoms with Crippen LogP contribution in [0.1, 0.15) is 53.5 Å². The van der Waals surface area contributed by atoms with Gasteiger partial charge in [-0.05, 0) is 44.4 Å². The fourth-order valence-corrected chi connectivity index (χ4v) is 4.01. The molecule has 1 N–H and O–H groups in total. The van der Waals surface area contributed by atoms with Crippen LogP contribution in [-0.4, -0.2) is 25.5 Å². The highest BCUT2D eigenvalue weighted by Gasteiger charge is 2.34. The van der Waals surface area contributed by atoms with E-state index in [0.717, 1.165) is 18.4 Å². The molecule has 3 aromatic rings. The molecule has 0 spiro atoms. The molecule has 1 fully saturated rings. The molecule has 2 aromatic heterocycles. The van der Waals surface area contributed by atoms with Crippen molar-refractivity contribution in [2.24, 2.45) is 0 Å². The van der Waals surface area contributed by atoms with Gasteiger partial charge in [-0.15, -0.1) is 0 Å². The fourth-order valence-electron chi connectivity index (χ4n) is 3.63. The van der Waals surface area contributed by atoms with E-state index in [1.807, 2.05) is 0 Å². The Hall–Kier alpha value is -2.81. The maximum absolute atomic E-state index is 13.5. The van der Waals surface area contributed by atoms with E-state index >= 15 is 0 Å². The Morgan fingerprint density at radius 2 is 2.00 bits per heavy atom. The zero-order valence-corrected chi connectivity index (χ0v) is 17.8. The first-order chi connectivity index (χ1) is 14.7. The number of aromatic nitrogens is 4. The van der Waals surface area contributed by atoms with E-state index in [-0.39, 0.29) is 23.3 Å². The molecule has 6 nitrogen and oxygen atoms in total. The van der Waals surface area contributed by atoms with E-state index in [0.29, 0.717) is 29.3 Å². The van der Waals surface area contributed by atoms with Gasteiger partial charge in [0.15, 0.2) is 0 Å². The number of anilines is 1. The van der Waals surface area contributed by atoms with E-state index in [1.165, 1.54) is 16.8 Å². The molecule has 0 saturated heterocycles. The van der Waals surface area contributed by atoms with Crippen LogP contribution in [0.3, 0.4) is 0 Å². The van der Waals surface area contributed by atoms with Gasteiger partial charge in [-0.2, -0.15) is 10.2 Å². The molecule has 1 amide bonds. The summed E-state index contributed by atoms with van der Waals surface area (Å²) in [6, 6.07) is 6.21. The van der Waals surface area contributed by atoms with Crippen LogP contribution in [0.5, 0.6) is 0 Å². The Labute approximate surface area is 182 Å². The van der Waals surface area contributed by atoms with Crippen molar-refractivity contribution in [3.05, 3.63) is 63.4 Å². The molecule has 0 radical (unpaired) electrons. The van der Waals surface area contributed by atoms with E-state index in [4.69, 9.17) is 11.6 Å². The van der Waals surface area contributed by atoms with Crippen molar-refractivity contribution in [1.82, 2.24) is 19.6 Å². The SMILES string of the molecule is Cc1nn(Cc2cccc(F)c2)c(C)c1NC(=O)Cn1nc(C(F)F)c(Cl)c1C1CC1. The van der Waals surface area contributed by atoms with Gasteiger partial charge in [0, 0.05) is 5.92 Å². The molecular weight excluding hydrogens is 431 g/mol. The second-order valence-electron chi connectivity index (χ2n) is 7.70. The van der Waals surface area contributed by atoms with Gasteiger partial charge in [0.05, 0.1) is 34.3 Å². The molecule has 1 saturated carbocycles. The van der Waals surface area contributed by atoms with Crippen LogP contribution in [0.4, 0.5) is 18.9 Å². The lowest BCUT2D eigenvalue weighted by molar-refractivity contribution is -0.117. The van der Waals surface area contributed by atoms with Gasteiger partial charge in [0.1, 0.15) is 18.1 Å². The average Bonchev–Trinajstić information content (AvgIpc) is 3.43. The topological polar surface area (TPSA) is 64.7 Å². The molecule has 0 aliphatic heterocycles. The molecule has 0 atom stereocenters. The van der Waals surface area contributed by atoms with Gasteiger partial charge in [-0.1, -0.05) is 23.7 Å². The zero-order valence-electron chi connectivity index (χ0n) is 17.0. The number of carbonyl (C=O) groups is 1. The summed E-state index contributed by atoms with van der Waals surface area (Å²) in [5.74, 6) is -0.698. The van der Waals surface area contributed by atoms with Crippen LogP contribution < -0.4 is 5.32 Å². The summed E-state index contributed by atoms with van der Waals surface area (Å²) >= 11 is 6.11. The second-order valence-corrected chi connectivity index (χ2v) is 8.08. The van der Waals surface area contributed by atoms with Crippen molar-refractivity contribution in [3.8, 4) is 0 Å². The largest absolute Gasteiger partial charge is 0.321 e. The standard InChI is InChI=1S/C21H21ClF3N5O/c1-11-18(12(2)29(27-11)9-13-4-3-5-15(23)8-13)26-16(31)10-30-20(14-6-7-14)17(22)19(28-30)21(24)25/h3-5,8,14,21H,6-7,9-10H2,1-2H3,(H,26,31). The van der Waals surface area contributed by atoms with E-state index < -0.39 is 18.0 Å². The summed E-state index contributed by atoms with van der Waals surface area (Å²) in [6.07, 6.45) is -1.14. The summed E-state index contributed by atoms with van der Waals surface area (Å²) in [5.41, 5.74) is 2.56. The third-order valence-corrected chi connectivity index (χ3v) is 5.67. The molecule has 0 bridgehead atoms. The van der Waals surface area contributed by atoms with E-state index in [9.17, 15) is 18.0 Å². The lowest BCUT2D eigenvalue weighted by Gasteiger charge is -2.09. The number of aryl methyl sites for hydroxylation is 1. The van der Waals surface area contributed by atoms with Gasteiger partial charge in [0.25, 0.3) is 6.43 Å². The average molecular weight is 452 g/mol. The predicted octanol–water partition coefficient (Wildman–Crippen LogP) is 4.99. The van der Waals surface area contributed by atoms with Crippen molar-refractivity contribution in [2.75, 3.05) is 5.32 Å². The van der Waals surface area contributed by atoms with Crippen LogP contribution in [0.25, 0.3) is 0 Å². The first kappa shape index (κ1) is 21.4. The Morgan fingerprint density at radius 1 is 1.26 bits per heavy atom. The van der Waals surface area contributed by atoms with Gasteiger partial charge in [0.2, 0.25) is 5.91 Å². The summed E-state index contributed by atoms with van der Waals surface area (Å²) in [5, 5.41) is 11.1. The number of halogens is 4. The highest BCUT2D eigenvalue weighted by molar-refractivity contribution is 6.32. The summed E-state index contributed by atoms with van der Waals surface area (Å²) in [6.45, 7) is 3.66. The monoisotopic (exact) mass is 451 g/mol. The Bertz CT molecular complexity index is 1140. The molecule has 10 heteroatoms. The maximum atomic E-state index is 13.5. The number of nitrogens with zero attached hydrogens (tertiary/aromatic N) is 4. The maximum Gasteiger partial charge on any atom is 0.283 e. The number of carbonyl (C=O) groups excluding carboxylic acids is 1. The number of rotatable bonds is 7. The quantitative estimate of drug-likeness (QED) is 0.550. The lowest BCUT2D eigenvalue weighted by Crippen LogP contribution is -2.21. The highest BCUT2D eigenvalue weighted by atomic mass is 35.5. The minimum absolute atomic E-state index is 0.0535. The summed E-state index contributed by atoms with van der Waals surface area (Å²) < 4.78 is 42.8. The van der Waals surface area contributed by atoms with Crippen molar-refractivity contribution < 1.29 is 18.0 Å². The Kier molecular flexibility index (Phi) is 5.79. The third kappa shape index (κ3) is 4.46. The highest BCUT2D eigenvalue weighted by Crippen LogP contribution is 2.45. The molecular formula is C21H21ClF3N5O. The predicted molar refractivity (Wildman–Crippen MR) is 110 cm³/mol. The van der Waals surface area contributed by atoms with Gasteiger partial charge < -0.3 is 5.32 Å². The van der Waals surface area contributed by atoms with Crippen molar-refractivity contribution in [2.45, 2.75) is 52.1 Å². The van der Waals surface area contributed by atoms with Crippen LogP contribution in [0, 0.1) is 19.7 Å². The molecule has 2 heterocycles. The second kappa shape index (κ2) is 8.37. The third-order valence-electron chi connectivity index (χ3n) is 5.29. The van der Waals surface area contributed by atoms with E-state index in [2.05, 4.69) is 15.5 Å². The molecule has 1 aliphatic rings. The lowest BCUT2D eigenvalue weighted by atomic mass is 10.2. The molecule has 164 valence electrons. The molecule has 0 unspecified atom stereocenters. The molecule has 31 heavy (non-hydrogen) atoms. The summed E-state index contributed by atoms with van der Waals surface area (Å²) in [7, 11) is 0. The molecule has 1 aromatic carbocycles. The molecule has 4 rings (SSSR count). The van der Waals surface area contributed by atoms with Gasteiger partial charge >= 0.3 is 0 Å². The number of hydrogen-bond acceptors (Lipinski definition) is 3. The Morgan fingerprint density at radius 3 is 2.65 bits per heavy atom. The summed E-state index contributed by atoms with van der Waals surface area (Å²) in [4.78, 5) is 12.7. The first-order valence-corrected chi connectivity index (χ1v) is 10.2. The number of benzene rings is 1. The van der Waals surface area contributed by atoms with Crippen LogP contribution in [-0.2, 0) is 17.9 Å². The Balaban J connectivity index is 1.52. The smallest absolute Gasteiger partial charge is 0.283 e. The van der Waals surface area contributed by atoms with Crippen LogP contribution in [0.15, 0.2) is 24.3 Å². The molecule has 1 aliphatic carbocycles. The van der Waals surface area contributed by atoms with Crippen LogP contribution in [0.2, 0.25) is 5.02 Å². The number of nitrogens with one attached hydrogen (secondary N) is 1. The van der Waals surface area contributed by atoms with Crippen molar-refractivity contribution in [1.29, 1.82) is 0 Å². The first-order valence-electron chi connectivity index (χ1n) is 9.87. The van der Waals surface area contributed by atoms with E-state index in [1.54, 1.807) is 30.7 Å². The van der Waals surface area contributed by atoms with Crippen molar-refractivity contribution >= 4 is 23.2 Å². The minimum Gasteiger partial charge on any atom is -0.321 e. The minimum atomic E-state index is -2.81. The van der Waals surface area contributed by atoms with Crippen molar-refractivity contribution in [3.63, 3.8) is 0 Å². The van der Waals surface area contributed by atoms with Gasteiger partial charge in [-0.25, -0.2) is 13.2 Å². The fraction of sp³-hybridized carbons (Fsp3) is 0.381. The van der Waals surface area contributed by atoms with Gasteiger partial charge in [-0.3, -0.25) is 14.2 Å². The number of amides is 1. The number of alkyl halides is 2. The zero-order chi connectivity index (χ0) is 22.3. The van der Waals surface area contributed by atoms with Crippen LogP contribution >= 0.6 is 11.6 Å². The number of hydrogen-bond donors (Lipinski definition) is 1. The normalized spacial score (nSPS) is 13.8.